The van der Waals surface area contributed by atoms with Gasteiger partial charge in [-0.3, -0.25) is 9.89 Å². The van der Waals surface area contributed by atoms with Crippen molar-refractivity contribution in [3.8, 4) is 11.1 Å². The van der Waals surface area contributed by atoms with E-state index in [1.165, 1.54) is 12.3 Å². The second-order valence-corrected chi connectivity index (χ2v) is 6.50. The minimum atomic E-state index is -0.340. The Hall–Kier alpha value is -3.51. The van der Waals surface area contributed by atoms with Gasteiger partial charge in [-0.1, -0.05) is 12.1 Å². The highest BCUT2D eigenvalue weighted by molar-refractivity contribution is 6.32. The summed E-state index contributed by atoms with van der Waals surface area (Å²) in [4.78, 5) is 15.8. The first-order chi connectivity index (χ1) is 13.2. The molecule has 132 valence electrons. The number of hydrogen-bond acceptors (Lipinski definition) is 3. The molecule has 3 N–H and O–H groups in total. The lowest BCUT2D eigenvalue weighted by molar-refractivity contribution is 0.102. The van der Waals surface area contributed by atoms with Gasteiger partial charge < -0.3 is 14.7 Å². The van der Waals surface area contributed by atoms with Crippen molar-refractivity contribution < 1.29 is 9.21 Å². The predicted octanol–water partition coefficient (Wildman–Crippen LogP) is 5.21. The second kappa shape index (κ2) is 6.03. The van der Waals surface area contributed by atoms with Crippen LogP contribution >= 0.6 is 11.6 Å². The van der Waals surface area contributed by atoms with E-state index in [4.69, 9.17) is 16.0 Å². The van der Waals surface area contributed by atoms with Crippen molar-refractivity contribution in [1.82, 2.24) is 15.2 Å². The number of furan rings is 1. The van der Waals surface area contributed by atoms with Gasteiger partial charge in [-0.2, -0.15) is 5.10 Å². The van der Waals surface area contributed by atoms with Crippen molar-refractivity contribution in [2.75, 3.05) is 5.32 Å². The van der Waals surface area contributed by atoms with Crippen LogP contribution in [0.15, 0.2) is 65.5 Å². The van der Waals surface area contributed by atoms with Crippen LogP contribution in [0.2, 0.25) is 5.22 Å². The number of H-pyrrole nitrogens is 2. The van der Waals surface area contributed by atoms with Gasteiger partial charge in [0.15, 0.2) is 0 Å². The summed E-state index contributed by atoms with van der Waals surface area (Å²) in [5.74, 6) is -0.340. The number of nitrogens with one attached hydrogen (secondary N) is 3. The lowest BCUT2D eigenvalue weighted by Gasteiger charge is -2.10. The summed E-state index contributed by atoms with van der Waals surface area (Å²) in [6, 6.07) is 13.6. The van der Waals surface area contributed by atoms with Crippen LogP contribution in [0, 0.1) is 0 Å². The van der Waals surface area contributed by atoms with Gasteiger partial charge in [-0.05, 0) is 53.1 Å². The van der Waals surface area contributed by atoms with E-state index < -0.39 is 0 Å². The summed E-state index contributed by atoms with van der Waals surface area (Å²) in [5.41, 5.74) is 4.83. The Morgan fingerprint density at radius 3 is 2.89 bits per heavy atom. The van der Waals surface area contributed by atoms with Gasteiger partial charge in [-0.25, -0.2) is 0 Å². The average molecular weight is 377 g/mol. The average Bonchev–Trinajstić information content (AvgIpc) is 3.40. The van der Waals surface area contributed by atoms with Crippen LogP contribution in [-0.4, -0.2) is 21.1 Å². The molecule has 2 aromatic carbocycles. The maximum absolute atomic E-state index is 12.6. The number of nitrogens with zero attached hydrogens (tertiary/aromatic N) is 1. The van der Waals surface area contributed by atoms with Crippen LogP contribution in [-0.2, 0) is 0 Å². The zero-order valence-corrected chi connectivity index (χ0v) is 14.7. The molecule has 5 rings (SSSR count). The van der Waals surface area contributed by atoms with Crippen LogP contribution in [0.1, 0.15) is 10.4 Å². The summed E-state index contributed by atoms with van der Waals surface area (Å²) in [7, 11) is 0. The summed E-state index contributed by atoms with van der Waals surface area (Å²) < 4.78 is 5.01. The SMILES string of the molecule is O=C(Nc1cc(-c2cccc3[nH]ccc23)cc2[nH]ncc12)c1ccoc1Cl. The first-order valence-electron chi connectivity index (χ1n) is 8.28. The highest BCUT2D eigenvalue weighted by Crippen LogP contribution is 2.34. The molecule has 3 aromatic heterocycles. The molecule has 1 amide bonds. The first-order valence-corrected chi connectivity index (χ1v) is 8.66. The fraction of sp³-hybridized carbons (Fsp3) is 0. The van der Waals surface area contributed by atoms with Gasteiger partial charge in [0.05, 0.1) is 29.2 Å². The summed E-state index contributed by atoms with van der Waals surface area (Å²) in [6.45, 7) is 0. The van der Waals surface area contributed by atoms with Gasteiger partial charge in [0, 0.05) is 22.5 Å². The minimum Gasteiger partial charge on any atom is -0.452 e. The molecule has 3 heterocycles. The number of amides is 1. The Balaban J connectivity index is 1.65. The maximum atomic E-state index is 12.6. The number of benzene rings is 2. The zero-order valence-electron chi connectivity index (χ0n) is 13.9. The van der Waals surface area contributed by atoms with Crippen molar-refractivity contribution in [3.63, 3.8) is 0 Å². The number of hydrogen-bond donors (Lipinski definition) is 3. The molecule has 0 spiro atoms. The van der Waals surface area contributed by atoms with E-state index in [0.29, 0.717) is 5.69 Å². The van der Waals surface area contributed by atoms with Crippen molar-refractivity contribution in [1.29, 1.82) is 0 Å². The Morgan fingerprint density at radius 1 is 1.11 bits per heavy atom. The number of aromatic amines is 2. The van der Waals surface area contributed by atoms with Gasteiger partial charge in [0.25, 0.3) is 5.91 Å². The largest absolute Gasteiger partial charge is 0.452 e. The third-order valence-electron chi connectivity index (χ3n) is 4.58. The number of rotatable bonds is 3. The molecule has 0 aliphatic heterocycles. The predicted molar refractivity (Wildman–Crippen MR) is 105 cm³/mol. The Morgan fingerprint density at radius 2 is 2.04 bits per heavy atom. The fourth-order valence-corrected chi connectivity index (χ4v) is 3.49. The minimum absolute atomic E-state index is 0.0594. The molecule has 0 saturated carbocycles. The Kier molecular flexibility index (Phi) is 3.51. The topological polar surface area (TPSA) is 86.7 Å². The van der Waals surface area contributed by atoms with E-state index in [9.17, 15) is 4.79 Å². The fourth-order valence-electron chi connectivity index (χ4n) is 3.29. The Bertz CT molecular complexity index is 1300. The highest BCUT2D eigenvalue weighted by atomic mass is 35.5. The quantitative estimate of drug-likeness (QED) is 0.404. The molecule has 0 atom stereocenters. The van der Waals surface area contributed by atoms with E-state index in [1.54, 1.807) is 6.20 Å². The normalized spacial score (nSPS) is 11.3. The van der Waals surface area contributed by atoms with Crippen LogP contribution < -0.4 is 5.32 Å². The molecule has 0 aliphatic carbocycles. The zero-order chi connectivity index (χ0) is 18.4. The molecule has 0 fully saturated rings. The van der Waals surface area contributed by atoms with Crippen molar-refractivity contribution in [2.24, 2.45) is 0 Å². The number of halogens is 1. The Labute approximate surface area is 158 Å². The van der Waals surface area contributed by atoms with Gasteiger partial charge in [0.1, 0.15) is 0 Å². The molecule has 0 bridgehead atoms. The third-order valence-corrected chi connectivity index (χ3v) is 4.87. The van der Waals surface area contributed by atoms with Crippen molar-refractivity contribution in [3.05, 3.63) is 71.9 Å². The van der Waals surface area contributed by atoms with Crippen molar-refractivity contribution >= 4 is 45.0 Å². The molecule has 6 nitrogen and oxygen atoms in total. The molecule has 5 aromatic rings. The summed E-state index contributed by atoms with van der Waals surface area (Å²) in [6.07, 6.45) is 4.97. The number of carbonyl (C=O) groups excluding carboxylic acids is 1. The monoisotopic (exact) mass is 376 g/mol. The third kappa shape index (κ3) is 2.58. The molecule has 0 saturated heterocycles. The van der Waals surface area contributed by atoms with E-state index in [1.807, 2.05) is 42.6 Å². The molecule has 0 radical (unpaired) electrons. The molecular formula is C20H13ClN4O2. The summed E-state index contributed by atoms with van der Waals surface area (Å²) >= 11 is 5.93. The number of carbonyl (C=O) groups is 1. The molecule has 0 unspecified atom stereocenters. The number of fused-ring (bicyclic) bond motifs is 2. The van der Waals surface area contributed by atoms with Crippen molar-refractivity contribution in [2.45, 2.75) is 0 Å². The van der Waals surface area contributed by atoms with Gasteiger partial charge >= 0.3 is 0 Å². The lowest BCUT2D eigenvalue weighted by atomic mass is 9.99. The highest BCUT2D eigenvalue weighted by Gasteiger charge is 2.16. The first kappa shape index (κ1) is 15.7. The van der Waals surface area contributed by atoms with E-state index in [2.05, 4.69) is 20.5 Å². The van der Waals surface area contributed by atoms with Crippen LogP contribution in [0.5, 0.6) is 0 Å². The van der Waals surface area contributed by atoms with Crippen LogP contribution in [0.25, 0.3) is 32.9 Å². The van der Waals surface area contributed by atoms with Crippen LogP contribution in [0.4, 0.5) is 5.69 Å². The lowest BCUT2D eigenvalue weighted by Crippen LogP contribution is -2.11. The van der Waals surface area contributed by atoms with Gasteiger partial charge in [-0.15, -0.1) is 0 Å². The summed E-state index contributed by atoms with van der Waals surface area (Å²) in [5, 5.41) is 12.0. The van der Waals surface area contributed by atoms with E-state index >= 15 is 0 Å². The van der Waals surface area contributed by atoms with Crippen LogP contribution in [0.3, 0.4) is 0 Å². The van der Waals surface area contributed by atoms with Gasteiger partial charge in [0.2, 0.25) is 5.22 Å². The molecule has 27 heavy (non-hydrogen) atoms. The standard InChI is InChI=1S/C20H13ClN4O2/c21-19-14(5-7-27-19)20(26)24-17-8-11(9-18-15(17)10-23-25-18)12-2-1-3-16-13(12)4-6-22-16/h1-10,22H,(H,23,25)(H,24,26). The smallest absolute Gasteiger partial charge is 0.260 e. The van der Waals surface area contributed by atoms with E-state index in [-0.39, 0.29) is 16.7 Å². The second-order valence-electron chi connectivity index (χ2n) is 6.16. The number of anilines is 1. The molecule has 7 heteroatoms. The maximum Gasteiger partial charge on any atom is 0.260 e. The molecule has 0 aliphatic rings. The number of aromatic nitrogens is 3. The molecular weight excluding hydrogens is 364 g/mol. The van der Waals surface area contributed by atoms with E-state index in [0.717, 1.165) is 32.9 Å².